The highest BCUT2D eigenvalue weighted by Gasteiger charge is 2.20. The number of hydrogen-bond acceptors (Lipinski definition) is 4. The van der Waals surface area contributed by atoms with Crippen molar-refractivity contribution in [1.82, 2.24) is 9.97 Å². The summed E-state index contributed by atoms with van der Waals surface area (Å²) >= 11 is 0. The maximum atomic E-state index is 5.52. The van der Waals surface area contributed by atoms with Gasteiger partial charge in [0.2, 0.25) is 5.75 Å². The van der Waals surface area contributed by atoms with Gasteiger partial charge in [0, 0.05) is 35.5 Å². The van der Waals surface area contributed by atoms with E-state index in [0.717, 1.165) is 34.3 Å². The SMILES string of the molecule is COc1cc(-c2cnc3c(c2)C(c2ccc4[nH]ccc4c2)=CC3)cc(OC)c1OC. The van der Waals surface area contributed by atoms with Crippen LogP contribution < -0.4 is 14.2 Å². The van der Waals surface area contributed by atoms with Gasteiger partial charge in [-0.2, -0.15) is 0 Å². The Hall–Kier alpha value is -3.73. The van der Waals surface area contributed by atoms with E-state index in [1.54, 1.807) is 21.3 Å². The minimum absolute atomic E-state index is 0.582. The number of aromatic amines is 1. The molecular formula is C25H22N2O3. The third-order valence-corrected chi connectivity index (χ3v) is 5.62. The molecule has 4 aromatic rings. The van der Waals surface area contributed by atoms with Crippen molar-refractivity contribution < 1.29 is 14.2 Å². The number of nitrogens with zero attached hydrogens (tertiary/aromatic N) is 1. The quantitative estimate of drug-likeness (QED) is 0.499. The molecule has 0 spiro atoms. The van der Waals surface area contributed by atoms with Crippen molar-refractivity contribution in [2.24, 2.45) is 0 Å². The summed E-state index contributed by atoms with van der Waals surface area (Å²) < 4.78 is 16.5. The first-order valence-corrected chi connectivity index (χ1v) is 9.79. The summed E-state index contributed by atoms with van der Waals surface area (Å²) in [5.74, 6) is 1.83. The van der Waals surface area contributed by atoms with Gasteiger partial charge >= 0.3 is 0 Å². The second-order valence-corrected chi connectivity index (χ2v) is 7.23. The van der Waals surface area contributed by atoms with E-state index in [-0.39, 0.29) is 0 Å². The van der Waals surface area contributed by atoms with Gasteiger partial charge in [-0.3, -0.25) is 4.98 Å². The fourth-order valence-electron chi connectivity index (χ4n) is 4.10. The normalized spacial score (nSPS) is 12.6. The Morgan fingerprint density at radius 1 is 0.833 bits per heavy atom. The number of H-pyrrole nitrogens is 1. The highest BCUT2D eigenvalue weighted by molar-refractivity contribution is 5.91. The number of allylic oxidation sites excluding steroid dienone is 1. The first kappa shape index (κ1) is 18.3. The van der Waals surface area contributed by atoms with Crippen molar-refractivity contribution in [2.75, 3.05) is 21.3 Å². The lowest BCUT2D eigenvalue weighted by Crippen LogP contribution is -1.97. The number of aromatic nitrogens is 2. The van der Waals surface area contributed by atoms with Gasteiger partial charge in [0.15, 0.2) is 11.5 Å². The van der Waals surface area contributed by atoms with Crippen molar-refractivity contribution in [3.63, 3.8) is 0 Å². The molecule has 0 fully saturated rings. The van der Waals surface area contributed by atoms with Gasteiger partial charge in [-0.05, 0) is 58.5 Å². The van der Waals surface area contributed by atoms with E-state index in [4.69, 9.17) is 19.2 Å². The van der Waals surface area contributed by atoms with E-state index >= 15 is 0 Å². The number of hydrogen-bond donors (Lipinski definition) is 1. The Balaban J connectivity index is 1.59. The summed E-state index contributed by atoms with van der Waals surface area (Å²) in [6.07, 6.45) is 6.97. The van der Waals surface area contributed by atoms with Gasteiger partial charge in [0.1, 0.15) is 0 Å². The van der Waals surface area contributed by atoms with Crippen LogP contribution in [0.25, 0.3) is 27.6 Å². The molecule has 0 saturated carbocycles. The zero-order chi connectivity index (χ0) is 20.7. The summed E-state index contributed by atoms with van der Waals surface area (Å²) in [4.78, 5) is 8.00. The molecule has 0 aliphatic heterocycles. The summed E-state index contributed by atoms with van der Waals surface area (Å²) in [5, 5.41) is 1.20. The molecule has 5 heteroatoms. The van der Waals surface area contributed by atoms with Crippen molar-refractivity contribution in [3.05, 3.63) is 77.8 Å². The Morgan fingerprint density at radius 3 is 2.37 bits per heavy atom. The highest BCUT2D eigenvalue weighted by atomic mass is 16.5. The van der Waals surface area contributed by atoms with Crippen molar-refractivity contribution >= 4 is 16.5 Å². The fourth-order valence-corrected chi connectivity index (χ4v) is 4.10. The molecule has 0 atom stereocenters. The van der Waals surface area contributed by atoms with E-state index in [1.807, 2.05) is 24.5 Å². The van der Waals surface area contributed by atoms with Crippen LogP contribution in [0.1, 0.15) is 16.8 Å². The zero-order valence-electron chi connectivity index (χ0n) is 17.2. The van der Waals surface area contributed by atoms with Crippen molar-refractivity contribution in [2.45, 2.75) is 6.42 Å². The monoisotopic (exact) mass is 398 g/mol. The lowest BCUT2D eigenvalue weighted by atomic mass is 9.97. The third kappa shape index (κ3) is 2.90. The van der Waals surface area contributed by atoms with Gasteiger partial charge in [-0.1, -0.05) is 12.1 Å². The predicted molar refractivity (Wildman–Crippen MR) is 118 cm³/mol. The van der Waals surface area contributed by atoms with Crippen LogP contribution in [0.15, 0.2) is 60.9 Å². The smallest absolute Gasteiger partial charge is 0.203 e. The van der Waals surface area contributed by atoms with Crippen LogP contribution in [-0.2, 0) is 6.42 Å². The predicted octanol–water partition coefficient (Wildman–Crippen LogP) is 5.24. The topological polar surface area (TPSA) is 56.4 Å². The zero-order valence-corrected chi connectivity index (χ0v) is 17.2. The number of pyridine rings is 1. The Bertz CT molecular complexity index is 1260. The molecule has 2 heterocycles. The lowest BCUT2D eigenvalue weighted by molar-refractivity contribution is 0.324. The molecule has 0 bridgehead atoms. The number of benzene rings is 2. The average molecular weight is 398 g/mol. The van der Waals surface area contributed by atoms with Gasteiger partial charge in [0.25, 0.3) is 0 Å². The molecule has 0 unspecified atom stereocenters. The molecule has 0 amide bonds. The first-order chi connectivity index (χ1) is 14.7. The summed E-state index contributed by atoms with van der Waals surface area (Å²) in [6.45, 7) is 0. The summed E-state index contributed by atoms with van der Waals surface area (Å²) in [5.41, 5.74) is 7.78. The minimum Gasteiger partial charge on any atom is -0.493 e. The second kappa shape index (κ2) is 7.26. The standard InChI is InChI=1S/C25H22N2O3/c1-28-23-12-17(13-24(29-2)25(23)30-3)18-11-20-19(5-7-22(20)27-14-18)15-4-6-21-16(10-15)8-9-26-21/h4-6,8-14,26H,7H2,1-3H3. The van der Waals surface area contributed by atoms with Crippen LogP contribution >= 0.6 is 0 Å². The Labute approximate surface area is 174 Å². The molecule has 0 saturated heterocycles. The van der Waals surface area contributed by atoms with E-state index in [2.05, 4.69) is 41.4 Å². The molecule has 150 valence electrons. The van der Waals surface area contributed by atoms with Gasteiger partial charge in [-0.15, -0.1) is 0 Å². The molecule has 1 aliphatic carbocycles. The molecule has 2 aromatic carbocycles. The van der Waals surface area contributed by atoms with Crippen molar-refractivity contribution in [3.8, 4) is 28.4 Å². The lowest BCUT2D eigenvalue weighted by Gasteiger charge is -2.15. The van der Waals surface area contributed by atoms with Gasteiger partial charge < -0.3 is 19.2 Å². The van der Waals surface area contributed by atoms with Gasteiger partial charge in [-0.25, -0.2) is 0 Å². The van der Waals surface area contributed by atoms with Crippen molar-refractivity contribution in [1.29, 1.82) is 0 Å². The summed E-state index contributed by atoms with van der Waals surface area (Å²) in [6, 6.07) is 14.7. The average Bonchev–Trinajstić information content (AvgIpc) is 3.43. The Morgan fingerprint density at radius 2 is 1.63 bits per heavy atom. The van der Waals surface area contributed by atoms with Gasteiger partial charge in [0.05, 0.1) is 27.0 Å². The van der Waals surface area contributed by atoms with E-state index in [1.165, 1.54) is 16.5 Å². The molecular weight excluding hydrogens is 376 g/mol. The first-order valence-electron chi connectivity index (χ1n) is 9.79. The number of fused-ring (bicyclic) bond motifs is 2. The van der Waals surface area contributed by atoms with Crippen LogP contribution in [0, 0.1) is 0 Å². The molecule has 5 rings (SSSR count). The second-order valence-electron chi connectivity index (χ2n) is 7.23. The maximum Gasteiger partial charge on any atom is 0.203 e. The third-order valence-electron chi connectivity index (χ3n) is 5.62. The van der Waals surface area contributed by atoms with Crippen LogP contribution in [0.3, 0.4) is 0 Å². The molecule has 2 aromatic heterocycles. The minimum atomic E-state index is 0.582. The largest absolute Gasteiger partial charge is 0.493 e. The molecule has 30 heavy (non-hydrogen) atoms. The van der Waals surface area contributed by atoms with Crippen LogP contribution in [-0.4, -0.2) is 31.3 Å². The van der Waals surface area contributed by atoms with E-state index < -0.39 is 0 Å². The number of methoxy groups -OCH3 is 3. The van der Waals surface area contributed by atoms with Crippen LogP contribution in [0.2, 0.25) is 0 Å². The number of nitrogens with one attached hydrogen (secondary N) is 1. The van der Waals surface area contributed by atoms with Crippen LogP contribution in [0.4, 0.5) is 0 Å². The number of ether oxygens (including phenoxy) is 3. The van der Waals surface area contributed by atoms with E-state index in [9.17, 15) is 0 Å². The van der Waals surface area contributed by atoms with Crippen LogP contribution in [0.5, 0.6) is 17.2 Å². The maximum absolute atomic E-state index is 5.52. The molecule has 5 nitrogen and oxygen atoms in total. The number of rotatable bonds is 5. The molecule has 1 aliphatic rings. The highest BCUT2D eigenvalue weighted by Crippen LogP contribution is 2.42. The molecule has 1 N–H and O–H groups in total. The van der Waals surface area contributed by atoms with E-state index in [0.29, 0.717) is 17.2 Å². The fraction of sp³-hybridized carbons (Fsp3) is 0.160. The summed E-state index contributed by atoms with van der Waals surface area (Å²) in [7, 11) is 4.86. The molecule has 0 radical (unpaired) electrons. The Kier molecular flexibility index (Phi) is 4.43.